The van der Waals surface area contributed by atoms with Gasteiger partial charge in [-0.2, -0.15) is 0 Å². The van der Waals surface area contributed by atoms with Crippen LogP contribution in [0.15, 0.2) is 12.2 Å². The Labute approximate surface area is 82.5 Å². The van der Waals surface area contributed by atoms with Crippen LogP contribution in [-0.2, 0) is 9.53 Å². The summed E-state index contributed by atoms with van der Waals surface area (Å²) in [5.74, 6) is -0.323. The van der Waals surface area contributed by atoms with Gasteiger partial charge in [-0.25, -0.2) is 4.39 Å². The summed E-state index contributed by atoms with van der Waals surface area (Å²) in [7, 11) is 1.35. The Morgan fingerprint density at radius 3 is 3.14 bits per heavy atom. The van der Waals surface area contributed by atoms with Gasteiger partial charge >= 0.3 is 5.97 Å². The zero-order valence-corrected chi connectivity index (χ0v) is 8.25. The number of hydrogen-bond acceptors (Lipinski definition) is 3. The van der Waals surface area contributed by atoms with E-state index in [1.54, 1.807) is 0 Å². The van der Waals surface area contributed by atoms with Gasteiger partial charge in [-0.15, -0.1) is 0 Å². The second-order valence-corrected chi connectivity index (χ2v) is 4.13. The van der Waals surface area contributed by atoms with E-state index in [1.165, 1.54) is 7.11 Å². The van der Waals surface area contributed by atoms with Gasteiger partial charge in [0.1, 0.15) is 11.7 Å². The molecule has 2 atom stereocenters. The third-order valence-electron chi connectivity index (χ3n) is 3.11. The molecule has 0 saturated carbocycles. The maximum Gasteiger partial charge on any atom is 0.326 e. The van der Waals surface area contributed by atoms with E-state index in [2.05, 4.69) is 6.58 Å². The van der Waals surface area contributed by atoms with Crippen molar-refractivity contribution in [1.82, 2.24) is 4.90 Å². The fraction of sp³-hybridized carbons (Fsp3) is 0.700. The van der Waals surface area contributed by atoms with Gasteiger partial charge in [0.05, 0.1) is 7.11 Å². The molecule has 2 aliphatic heterocycles. The Kier molecular flexibility index (Phi) is 2.10. The van der Waals surface area contributed by atoms with Crippen LogP contribution in [0.5, 0.6) is 0 Å². The third kappa shape index (κ3) is 1.17. The molecule has 0 bridgehead atoms. The maximum atomic E-state index is 13.2. The van der Waals surface area contributed by atoms with E-state index >= 15 is 0 Å². The highest BCUT2D eigenvalue weighted by Gasteiger charge is 2.55. The molecule has 0 aromatic carbocycles. The van der Waals surface area contributed by atoms with Crippen molar-refractivity contribution in [2.45, 2.75) is 24.6 Å². The van der Waals surface area contributed by atoms with Crippen molar-refractivity contribution in [3.63, 3.8) is 0 Å². The summed E-state index contributed by atoms with van der Waals surface area (Å²) in [4.78, 5) is 13.5. The number of carbonyl (C=O) groups is 1. The molecule has 2 fully saturated rings. The first-order valence-electron chi connectivity index (χ1n) is 4.73. The number of carbonyl (C=O) groups excluding carboxylic acids is 1. The number of nitrogens with zero attached hydrogens (tertiary/aromatic N) is 1. The van der Waals surface area contributed by atoms with Gasteiger partial charge in [-0.05, 0) is 6.42 Å². The number of halogens is 1. The number of ether oxygens (including phenoxy) is 1. The van der Waals surface area contributed by atoms with Crippen LogP contribution in [0, 0.1) is 0 Å². The Hall–Kier alpha value is -0.900. The molecule has 2 rings (SSSR count). The SMILES string of the molecule is C=C1CN2C[C@@H](F)CC2(C(=O)OC)C1. The van der Waals surface area contributed by atoms with Crippen LogP contribution in [0.25, 0.3) is 0 Å². The van der Waals surface area contributed by atoms with Crippen molar-refractivity contribution >= 4 is 5.97 Å². The summed E-state index contributed by atoms with van der Waals surface area (Å²) in [6.07, 6.45) is -0.124. The molecule has 0 aromatic rings. The number of rotatable bonds is 1. The first-order chi connectivity index (χ1) is 6.58. The Morgan fingerprint density at radius 1 is 1.79 bits per heavy atom. The monoisotopic (exact) mass is 199 g/mol. The molecule has 2 heterocycles. The number of fused-ring (bicyclic) bond motifs is 1. The lowest BCUT2D eigenvalue weighted by molar-refractivity contribution is -0.151. The fourth-order valence-electron chi connectivity index (χ4n) is 2.59. The van der Waals surface area contributed by atoms with Gasteiger partial charge in [0.15, 0.2) is 0 Å². The molecule has 0 aromatic heterocycles. The molecule has 3 nitrogen and oxygen atoms in total. The molecular weight excluding hydrogens is 185 g/mol. The predicted molar refractivity (Wildman–Crippen MR) is 49.6 cm³/mol. The first-order valence-corrected chi connectivity index (χ1v) is 4.73. The summed E-state index contributed by atoms with van der Waals surface area (Å²) in [5, 5.41) is 0. The van der Waals surface area contributed by atoms with Crippen molar-refractivity contribution in [3.05, 3.63) is 12.2 Å². The average molecular weight is 199 g/mol. The Morgan fingerprint density at radius 2 is 2.50 bits per heavy atom. The van der Waals surface area contributed by atoms with Crippen LogP contribution in [0.4, 0.5) is 4.39 Å². The highest BCUT2D eigenvalue weighted by Crippen LogP contribution is 2.42. The van der Waals surface area contributed by atoms with Crippen LogP contribution in [-0.4, -0.2) is 42.8 Å². The molecule has 0 aliphatic carbocycles. The highest BCUT2D eigenvalue weighted by atomic mass is 19.1. The summed E-state index contributed by atoms with van der Waals surface area (Å²) in [6, 6.07) is 0. The summed E-state index contributed by atoms with van der Waals surface area (Å²) < 4.78 is 18.0. The lowest BCUT2D eigenvalue weighted by Crippen LogP contribution is -2.46. The smallest absolute Gasteiger partial charge is 0.326 e. The molecule has 0 radical (unpaired) electrons. The van der Waals surface area contributed by atoms with E-state index in [4.69, 9.17) is 4.74 Å². The molecule has 14 heavy (non-hydrogen) atoms. The van der Waals surface area contributed by atoms with E-state index in [1.807, 2.05) is 4.90 Å². The normalized spacial score (nSPS) is 37.3. The second kappa shape index (κ2) is 3.05. The molecule has 2 saturated heterocycles. The van der Waals surface area contributed by atoms with Crippen LogP contribution in [0.3, 0.4) is 0 Å². The quantitative estimate of drug-likeness (QED) is 0.464. The van der Waals surface area contributed by atoms with E-state index in [-0.39, 0.29) is 12.4 Å². The highest BCUT2D eigenvalue weighted by molar-refractivity contribution is 5.82. The van der Waals surface area contributed by atoms with Crippen LogP contribution in [0.1, 0.15) is 12.8 Å². The minimum Gasteiger partial charge on any atom is -0.468 e. The van der Waals surface area contributed by atoms with Crippen molar-refractivity contribution in [2.24, 2.45) is 0 Å². The number of alkyl halides is 1. The molecule has 0 amide bonds. The van der Waals surface area contributed by atoms with Crippen molar-refractivity contribution in [2.75, 3.05) is 20.2 Å². The van der Waals surface area contributed by atoms with Crippen molar-refractivity contribution in [3.8, 4) is 0 Å². The fourth-order valence-corrected chi connectivity index (χ4v) is 2.59. The van der Waals surface area contributed by atoms with E-state index < -0.39 is 11.7 Å². The zero-order valence-electron chi connectivity index (χ0n) is 8.25. The topological polar surface area (TPSA) is 29.5 Å². The van der Waals surface area contributed by atoms with E-state index in [0.29, 0.717) is 19.5 Å². The van der Waals surface area contributed by atoms with E-state index in [9.17, 15) is 9.18 Å². The second-order valence-electron chi connectivity index (χ2n) is 4.13. The molecule has 0 spiro atoms. The minimum atomic E-state index is -0.915. The molecular formula is C10H14FNO2. The Balaban J connectivity index is 2.29. The summed E-state index contributed by atoms with van der Waals surface area (Å²) >= 11 is 0. The summed E-state index contributed by atoms with van der Waals surface area (Å²) in [5.41, 5.74) is 0.243. The molecule has 4 heteroatoms. The van der Waals surface area contributed by atoms with Crippen LogP contribution >= 0.6 is 0 Å². The largest absolute Gasteiger partial charge is 0.468 e. The molecule has 1 unspecified atom stereocenters. The third-order valence-corrected chi connectivity index (χ3v) is 3.11. The van der Waals surface area contributed by atoms with Gasteiger partial charge in [-0.1, -0.05) is 12.2 Å². The van der Waals surface area contributed by atoms with Gasteiger partial charge < -0.3 is 4.74 Å². The van der Waals surface area contributed by atoms with Crippen molar-refractivity contribution in [1.29, 1.82) is 0 Å². The molecule has 0 N–H and O–H groups in total. The predicted octanol–water partition coefficient (Wildman–Crippen LogP) is 0.902. The molecule has 78 valence electrons. The van der Waals surface area contributed by atoms with Gasteiger partial charge in [0, 0.05) is 19.5 Å². The zero-order chi connectivity index (χ0) is 10.3. The van der Waals surface area contributed by atoms with Gasteiger partial charge in [0.25, 0.3) is 0 Å². The standard InChI is InChI=1S/C10H14FNO2/c1-7-3-10(9(13)14-2)4-8(11)6-12(10)5-7/h8H,1,3-6H2,2H3/t8-,10?/m0/s1. The number of hydrogen-bond donors (Lipinski definition) is 0. The number of esters is 1. The average Bonchev–Trinajstić information content (AvgIpc) is 2.55. The van der Waals surface area contributed by atoms with Gasteiger partial charge in [0.2, 0.25) is 0 Å². The number of methoxy groups -OCH3 is 1. The molecule has 2 aliphatic rings. The van der Waals surface area contributed by atoms with Crippen molar-refractivity contribution < 1.29 is 13.9 Å². The van der Waals surface area contributed by atoms with Crippen LogP contribution in [0.2, 0.25) is 0 Å². The minimum absolute atomic E-state index is 0.249. The summed E-state index contributed by atoms with van der Waals surface area (Å²) in [6.45, 7) is 4.80. The lowest BCUT2D eigenvalue weighted by Gasteiger charge is -2.27. The Bertz CT molecular complexity index is 292. The van der Waals surface area contributed by atoms with E-state index in [0.717, 1.165) is 5.57 Å². The van der Waals surface area contributed by atoms with Gasteiger partial charge in [-0.3, -0.25) is 9.69 Å². The lowest BCUT2D eigenvalue weighted by atomic mass is 9.92. The van der Waals surface area contributed by atoms with Crippen LogP contribution < -0.4 is 0 Å². The first kappa shape index (κ1) is 9.65. The maximum absolute atomic E-state index is 13.2.